The lowest BCUT2D eigenvalue weighted by Gasteiger charge is -2.29. The highest BCUT2D eigenvalue weighted by atomic mass is 19.1. The van der Waals surface area contributed by atoms with Gasteiger partial charge >= 0.3 is 0 Å². The Balaban J connectivity index is 1.18. The molecule has 1 unspecified atom stereocenters. The van der Waals surface area contributed by atoms with Crippen LogP contribution in [0.4, 0.5) is 10.2 Å². The first kappa shape index (κ1) is 25.2. The number of aliphatic hydroxyl groups is 1. The van der Waals surface area contributed by atoms with Gasteiger partial charge in [-0.1, -0.05) is 25.0 Å². The van der Waals surface area contributed by atoms with Gasteiger partial charge in [0.05, 0.1) is 5.70 Å². The van der Waals surface area contributed by atoms with Gasteiger partial charge < -0.3 is 19.9 Å². The summed E-state index contributed by atoms with van der Waals surface area (Å²) in [6, 6.07) is 8.81. The van der Waals surface area contributed by atoms with E-state index in [0.29, 0.717) is 23.1 Å². The molecule has 206 valence electrons. The number of halogens is 1. The summed E-state index contributed by atoms with van der Waals surface area (Å²) >= 11 is 0. The third kappa shape index (κ3) is 4.84. The highest BCUT2D eigenvalue weighted by Crippen LogP contribution is 2.43. The molecule has 4 heterocycles. The van der Waals surface area contributed by atoms with Crippen molar-refractivity contribution in [1.82, 2.24) is 30.0 Å². The number of hydrogen-bond acceptors (Lipinski definition) is 7. The van der Waals surface area contributed by atoms with Crippen LogP contribution in [0, 0.1) is 11.7 Å². The Morgan fingerprint density at radius 3 is 2.62 bits per heavy atom. The predicted molar refractivity (Wildman–Crippen MR) is 152 cm³/mol. The minimum Gasteiger partial charge on any atom is -0.356 e. The minimum atomic E-state index is -0.911. The lowest BCUT2D eigenvalue weighted by atomic mass is 9.98. The van der Waals surface area contributed by atoms with E-state index in [1.807, 2.05) is 41.4 Å². The van der Waals surface area contributed by atoms with Crippen LogP contribution in [0.3, 0.4) is 0 Å². The zero-order valence-electron chi connectivity index (χ0n) is 22.7. The van der Waals surface area contributed by atoms with Crippen molar-refractivity contribution in [3.63, 3.8) is 0 Å². The maximum atomic E-state index is 14.4. The van der Waals surface area contributed by atoms with Gasteiger partial charge in [0.25, 0.3) is 0 Å². The third-order valence-corrected chi connectivity index (χ3v) is 8.41. The third-order valence-electron chi connectivity index (χ3n) is 8.41. The van der Waals surface area contributed by atoms with E-state index < -0.39 is 6.35 Å². The van der Waals surface area contributed by atoms with Gasteiger partial charge in [0, 0.05) is 43.2 Å². The molecule has 2 fully saturated rings. The largest absolute Gasteiger partial charge is 0.356 e. The Bertz CT molecular complexity index is 1520. The second-order valence-corrected chi connectivity index (χ2v) is 11.4. The topological polar surface area (TPSA) is 82.3 Å². The lowest BCUT2D eigenvalue weighted by Crippen LogP contribution is -2.38. The smallest absolute Gasteiger partial charge is 0.216 e. The van der Waals surface area contributed by atoms with Crippen LogP contribution in [0.1, 0.15) is 50.1 Å². The number of aromatic nitrogens is 4. The zero-order valence-corrected chi connectivity index (χ0v) is 22.7. The monoisotopic (exact) mass is 539 g/mol. The number of anilines is 1. The van der Waals surface area contributed by atoms with Gasteiger partial charge in [-0.15, -0.1) is 10.2 Å². The summed E-state index contributed by atoms with van der Waals surface area (Å²) in [4.78, 5) is 8.68. The average Bonchev–Trinajstić information content (AvgIpc) is 3.35. The van der Waals surface area contributed by atoms with Crippen molar-refractivity contribution in [2.75, 3.05) is 18.0 Å². The van der Waals surface area contributed by atoms with Gasteiger partial charge in [0.1, 0.15) is 18.0 Å². The number of pyridine rings is 1. The van der Waals surface area contributed by atoms with Crippen molar-refractivity contribution >= 4 is 5.82 Å². The van der Waals surface area contributed by atoms with Crippen molar-refractivity contribution in [1.29, 1.82) is 0 Å². The quantitative estimate of drug-likeness (QED) is 0.415. The van der Waals surface area contributed by atoms with Crippen LogP contribution in [0.15, 0.2) is 72.5 Å². The van der Waals surface area contributed by atoms with Crippen molar-refractivity contribution in [2.24, 2.45) is 13.0 Å². The highest BCUT2D eigenvalue weighted by Gasteiger charge is 2.33. The molecule has 2 N–H and O–H groups in total. The molecule has 2 saturated carbocycles. The van der Waals surface area contributed by atoms with Gasteiger partial charge in [-0.3, -0.25) is 4.90 Å². The Labute approximate surface area is 233 Å². The fourth-order valence-corrected chi connectivity index (χ4v) is 6.04. The van der Waals surface area contributed by atoms with E-state index in [2.05, 4.69) is 27.7 Å². The molecule has 0 bridgehead atoms. The van der Waals surface area contributed by atoms with Crippen LogP contribution in [0.25, 0.3) is 22.5 Å². The Morgan fingerprint density at radius 2 is 1.85 bits per heavy atom. The molecule has 9 heteroatoms. The summed E-state index contributed by atoms with van der Waals surface area (Å²) in [6.07, 6.45) is 16.3. The second-order valence-electron chi connectivity index (χ2n) is 11.4. The molecule has 2 aliphatic heterocycles. The van der Waals surface area contributed by atoms with Crippen LogP contribution in [-0.4, -0.2) is 49.2 Å². The first-order chi connectivity index (χ1) is 19.5. The zero-order chi connectivity index (χ0) is 27.2. The molecule has 40 heavy (non-hydrogen) atoms. The first-order valence-corrected chi connectivity index (χ1v) is 14.3. The molecule has 1 atom stereocenters. The van der Waals surface area contributed by atoms with Crippen LogP contribution >= 0.6 is 0 Å². The number of nitrogens with zero attached hydrogens (tertiary/aromatic N) is 6. The molecule has 2 aromatic heterocycles. The number of fused-ring (bicyclic) bond motifs is 1. The Morgan fingerprint density at radius 1 is 1.00 bits per heavy atom. The number of rotatable bonds is 8. The van der Waals surface area contributed by atoms with Gasteiger partial charge in [0.2, 0.25) is 6.35 Å². The van der Waals surface area contributed by atoms with Crippen molar-refractivity contribution in [3.05, 3.63) is 84.0 Å². The fourth-order valence-electron chi connectivity index (χ4n) is 6.04. The van der Waals surface area contributed by atoms with Crippen molar-refractivity contribution in [3.8, 4) is 22.5 Å². The van der Waals surface area contributed by atoms with Crippen LogP contribution in [-0.2, 0) is 7.05 Å². The summed E-state index contributed by atoms with van der Waals surface area (Å²) in [7, 11) is 1.85. The molecule has 0 spiro atoms. The van der Waals surface area contributed by atoms with Gasteiger partial charge in [-0.25, -0.2) is 9.37 Å². The molecule has 0 radical (unpaired) electrons. The van der Waals surface area contributed by atoms with Crippen molar-refractivity contribution < 1.29 is 9.50 Å². The molecule has 0 amide bonds. The maximum absolute atomic E-state index is 14.4. The molecule has 3 aromatic rings. The maximum Gasteiger partial charge on any atom is 0.216 e. The molecule has 0 saturated heterocycles. The van der Waals surface area contributed by atoms with Crippen LogP contribution < -0.4 is 10.2 Å². The average molecular weight is 540 g/mol. The van der Waals surface area contributed by atoms with E-state index >= 15 is 0 Å². The SMILES string of the molecule is Cn1cnnc1-c1cc(F)ccc1-c1cc(C2CC2)nc(N2C=C3C=CC(CNCC4CCCC4)=CN3C2O)c1. The standard InChI is InChI=1S/C31H34FN7O/c1-37-19-34-36-30(37)27-14-24(32)9-11-26(27)23-12-28(22-7-8-22)35-29(13-23)39-18-25-10-6-21(17-38(25)31(39)40)16-33-15-20-4-2-3-5-20/h6,9-14,17-20,22,31,33,40H,2-5,7-8,15-16H2,1H3. The number of hydrogen-bond donors (Lipinski definition) is 2. The fraction of sp³-hybridized carbons (Fsp3) is 0.387. The molecule has 8 nitrogen and oxygen atoms in total. The molecule has 4 aliphatic rings. The number of aryl methyl sites for hydroxylation is 1. The highest BCUT2D eigenvalue weighted by molar-refractivity contribution is 5.82. The summed E-state index contributed by atoms with van der Waals surface area (Å²) in [6.45, 7) is 1.82. The van der Waals surface area contributed by atoms with Crippen molar-refractivity contribution in [2.45, 2.75) is 50.8 Å². The van der Waals surface area contributed by atoms with E-state index in [1.165, 1.54) is 37.8 Å². The van der Waals surface area contributed by atoms with Gasteiger partial charge in [0.15, 0.2) is 5.82 Å². The van der Waals surface area contributed by atoms with Crippen LogP contribution in [0.5, 0.6) is 0 Å². The second kappa shape index (κ2) is 10.3. The molecular formula is C31H34FN7O. The number of aliphatic hydroxyl groups excluding tert-OH is 1. The minimum absolute atomic E-state index is 0.331. The van der Waals surface area contributed by atoms with E-state index in [4.69, 9.17) is 4.98 Å². The first-order valence-electron chi connectivity index (χ1n) is 14.3. The van der Waals surface area contributed by atoms with Crippen LogP contribution in [0.2, 0.25) is 0 Å². The predicted octanol–water partition coefficient (Wildman–Crippen LogP) is 5.03. The molecule has 2 aliphatic carbocycles. The number of benzene rings is 1. The van der Waals surface area contributed by atoms with E-state index in [0.717, 1.165) is 59.9 Å². The molecular weight excluding hydrogens is 505 g/mol. The summed E-state index contributed by atoms with van der Waals surface area (Å²) < 4.78 is 16.2. The van der Waals surface area contributed by atoms with E-state index in [1.54, 1.807) is 17.0 Å². The Hall–Kier alpha value is -3.82. The van der Waals surface area contributed by atoms with Gasteiger partial charge in [-0.05, 0) is 85.2 Å². The molecule has 7 rings (SSSR count). The lowest BCUT2D eigenvalue weighted by molar-refractivity contribution is 0.0798. The van der Waals surface area contributed by atoms with E-state index in [-0.39, 0.29) is 5.82 Å². The summed E-state index contributed by atoms with van der Waals surface area (Å²) in [5.74, 6) is 2.09. The normalized spacial score (nSPS) is 20.7. The number of allylic oxidation sites excluding steroid dienone is 1. The summed E-state index contributed by atoms with van der Waals surface area (Å²) in [5, 5.41) is 23.3. The molecule has 1 aromatic carbocycles. The van der Waals surface area contributed by atoms with E-state index in [9.17, 15) is 9.50 Å². The Kier molecular flexibility index (Phi) is 6.48. The number of nitrogens with one attached hydrogen (secondary N) is 1. The summed E-state index contributed by atoms with van der Waals surface area (Å²) in [5.41, 5.74) is 5.45. The van der Waals surface area contributed by atoms with Gasteiger partial charge in [-0.2, -0.15) is 0 Å².